The highest BCUT2D eigenvalue weighted by Crippen LogP contribution is 2.23. The molecule has 0 atom stereocenters. The summed E-state index contributed by atoms with van der Waals surface area (Å²) in [4.78, 5) is 12.1. The van der Waals surface area contributed by atoms with Crippen LogP contribution in [-0.4, -0.2) is 12.4 Å². The van der Waals surface area contributed by atoms with Crippen LogP contribution in [0.2, 0.25) is 0 Å². The number of ketones is 1. The molecule has 2 rings (SSSR count). The van der Waals surface area contributed by atoms with Crippen molar-refractivity contribution in [3.63, 3.8) is 0 Å². The highest BCUT2D eigenvalue weighted by molar-refractivity contribution is 14.1. The van der Waals surface area contributed by atoms with Crippen LogP contribution < -0.4 is 4.74 Å². The lowest BCUT2D eigenvalue weighted by Gasteiger charge is -2.12. The van der Waals surface area contributed by atoms with Crippen molar-refractivity contribution in [3.05, 3.63) is 62.7 Å². The van der Waals surface area contributed by atoms with E-state index in [4.69, 9.17) is 4.74 Å². The fraction of sp³-hybridized carbons (Fsp3) is 0.278. The number of halogens is 1. The van der Waals surface area contributed by atoms with Crippen LogP contribution in [-0.2, 0) is 0 Å². The molecule has 2 aromatic carbocycles. The Morgan fingerprint density at radius 1 is 1.14 bits per heavy atom. The van der Waals surface area contributed by atoms with Crippen LogP contribution in [0.4, 0.5) is 0 Å². The Morgan fingerprint density at radius 2 is 1.81 bits per heavy atom. The molecule has 2 aromatic rings. The molecule has 0 aliphatic rings. The van der Waals surface area contributed by atoms with E-state index in [1.807, 2.05) is 36.4 Å². The largest absolute Gasteiger partial charge is 0.485 e. The lowest BCUT2D eigenvalue weighted by molar-refractivity contribution is 0.0921. The number of Topliss-reactive ketones (excluding diaryl/α,β-unsaturated/α-hetero) is 1. The van der Waals surface area contributed by atoms with Gasteiger partial charge >= 0.3 is 0 Å². The van der Waals surface area contributed by atoms with Crippen molar-refractivity contribution in [3.8, 4) is 5.75 Å². The molecule has 3 heteroatoms. The van der Waals surface area contributed by atoms with E-state index in [9.17, 15) is 4.79 Å². The standard InChI is InChI=1S/C18H19IO2/c1-12(2)17-9-8-16(10-13(17)3)21-11-18(20)14-4-6-15(19)7-5-14/h4-10,12H,11H2,1-3H3. The van der Waals surface area contributed by atoms with E-state index < -0.39 is 0 Å². The quantitative estimate of drug-likeness (QED) is 0.528. The van der Waals surface area contributed by atoms with Crippen LogP contribution >= 0.6 is 22.6 Å². The number of hydrogen-bond donors (Lipinski definition) is 0. The van der Waals surface area contributed by atoms with Crippen molar-refractivity contribution < 1.29 is 9.53 Å². The van der Waals surface area contributed by atoms with Gasteiger partial charge in [0.2, 0.25) is 0 Å². The van der Waals surface area contributed by atoms with Gasteiger partial charge in [-0.05, 0) is 70.8 Å². The molecule has 2 nitrogen and oxygen atoms in total. The predicted octanol–water partition coefficient (Wildman–Crippen LogP) is 4.98. The van der Waals surface area contributed by atoms with Gasteiger partial charge in [-0.15, -0.1) is 0 Å². The Kier molecular flexibility index (Phi) is 5.39. The summed E-state index contributed by atoms with van der Waals surface area (Å²) in [6, 6.07) is 13.5. The molecule has 0 amide bonds. The maximum Gasteiger partial charge on any atom is 0.200 e. The Balaban J connectivity index is 2.01. The fourth-order valence-electron chi connectivity index (χ4n) is 2.25. The predicted molar refractivity (Wildman–Crippen MR) is 94.3 cm³/mol. The number of ether oxygens (including phenoxy) is 1. The third kappa shape index (κ3) is 4.30. The Hall–Kier alpha value is -1.36. The van der Waals surface area contributed by atoms with Crippen molar-refractivity contribution in [2.45, 2.75) is 26.7 Å². The van der Waals surface area contributed by atoms with Crippen LogP contribution in [0.1, 0.15) is 41.3 Å². The van der Waals surface area contributed by atoms with Crippen LogP contribution in [0.3, 0.4) is 0 Å². The molecule has 0 heterocycles. The number of rotatable bonds is 5. The zero-order chi connectivity index (χ0) is 15.4. The zero-order valence-corrected chi connectivity index (χ0v) is 14.7. The lowest BCUT2D eigenvalue weighted by atomic mass is 9.98. The summed E-state index contributed by atoms with van der Waals surface area (Å²) < 4.78 is 6.73. The molecule has 0 aliphatic carbocycles. The molecule has 0 spiro atoms. The van der Waals surface area contributed by atoms with E-state index in [0.29, 0.717) is 11.5 Å². The molecule has 0 N–H and O–H groups in total. The Bertz CT molecular complexity index is 630. The highest BCUT2D eigenvalue weighted by atomic mass is 127. The van der Waals surface area contributed by atoms with Crippen molar-refractivity contribution in [1.82, 2.24) is 0 Å². The number of carbonyl (C=O) groups is 1. The summed E-state index contributed by atoms with van der Waals surface area (Å²) in [6.45, 7) is 6.48. The van der Waals surface area contributed by atoms with Gasteiger partial charge in [0.05, 0.1) is 0 Å². The molecule has 0 saturated carbocycles. The minimum atomic E-state index is -0.00279. The van der Waals surface area contributed by atoms with Crippen molar-refractivity contribution in [2.75, 3.05) is 6.61 Å². The third-order valence-corrected chi connectivity index (χ3v) is 4.12. The normalized spacial score (nSPS) is 10.7. The molecular formula is C18H19IO2. The average Bonchev–Trinajstić information content (AvgIpc) is 2.45. The number of aryl methyl sites for hydroxylation is 1. The summed E-state index contributed by atoms with van der Waals surface area (Å²) in [7, 11) is 0. The zero-order valence-electron chi connectivity index (χ0n) is 12.5. The molecule has 0 bridgehead atoms. The van der Waals surface area contributed by atoms with E-state index in [-0.39, 0.29) is 12.4 Å². The van der Waals surface area contributed by atoms with Crippen LogP contribution in [0.25, 0.3) is 0 Å². The van der Waals surface area contributed by atoms with Crippen molar-refractivity contribution in [1.29, 1.82) is 0 Å². The number of benzene rings is 2. The molecule has 21 heavy (non-hydrogen) atoms. The van der Waals surface area contributed by atoms with Crippen molar-refractivity contribution >= 4 is 28.4 Å². The first-order valence-corrected chi connectivity index (χ1v) is 8.07. The third-order valence-electron chi connectivity index (χ3n) is 3.40. The SMILES string of the molecule is Cc1cc(OCC(=O)c2ccc(I)cc2)ccc1C(C)C. The maximum atomic E-state index is 12.1. The van der Waals surface area contributed by atoms with Gasteiger partial charge in [0.1, 0.15) is 5.75 Å². The maximum absolute atomic E-state index is 12.1. The number of hydrogen-bond acceptors (Lipinski definition) is 2. The molecule has 0 radical (unpaired) electrons. The molecule has 0 aromatic heterocycles. The van der Waals surface area contributed by atoms with Crippen LogP contribution in [0.15, 0.2) is 42.5 Å². The average molecular weight is 394 g/mol. The summed E-state index contributed by atoms with van der Waals surface area (Å²) in [5.41, 5.74) is 3.20. The van der Waals surface area contributed by atoms with E-state index in [1.54, 1.807) is 0 Å². The first-order valence-electron chi connectivity index (χ1n) is 6.99. The monoisotopic (exact) mass is 394 g/mol. The van der Waals surface area contributed by atoms with Gasteiger partial charge in [0, 0.05) is 9.13 Å². The minimum absolute atomic E-state index is 0.00279. The highest BCUT2D eigenvalue weighted by Gasteiger charge is 2.08. The second-order valence-electron chi connectivity index (χ2n) is 5.39. The van der Waals surface area contributed by atoms with Crippen molar-refractivity contribution in [2.24, 2.45) is 0 Å². The second kappa shape index (κ2) is 7.07. The molecule has 0 unspecified atom stereocenters. The second-order valence-corrected chi connectivity index (χ2v) is 6.64. The van der Waals surface area contributed by atoms with Gasteiger partial charge in [0.25, 0.3) is 0 Å². The van der Waals surface area contributed by atoms with E-state index in [1.165, 1.54) is 11.1 Å². The summed E-state index contributed by atoms with van der Waals surface area (Å²) in [6.07, 6.45) is 0. The minimum Gasteiger partial charge on any atom is -0.485 e. The Labute approximate surface area is 139 Å². The lowest BCUT2D eigenvalue weighted by Crippen LogP contribution is -2.11. The summed E-state index contributed by atoms with van der Waals surface area (Å²) >= 11 is 2.22. The van der Waals surface area contributed by atoms with Crippen LogP contribution in [0.5, 0.6) is 5.75 Å². The van der Waals surface area contributed by atoms with Gasteiger partial charge in [-0.1, -0.05) is 32.0 Å². The number of carbonyl (C=O) groups excluding carboxylic acids is 1. The molecule has 0 aliphatic heterocycles. The molecular weight excluding hydrogens is 375 g/mol. The molecule has 0 fully saturated rings. The summed E-state index contributed by atoms with van der Waals surface area (Å²) in [5, 5.41) is 0. The topological polar surface area (TPSA) is 26.3 Å². The van der Waals surface area contributed by atoms with Gasteiger partial charge < -0.3 is 4.74 Å². The first kappa shape index (κ1) is 16.0. The van der Waals surface area contributed by atoms with Gasteiger partial charge in [-0.25, -0.2) is 0 Å². The van der Waals surface area contributed by atoms with Gasteiger partial charge in [0.15, 0.2) is 12.4 Å². The first-order chi connectivity index (χ1) is 9.97. The Morgan fingerprint density at radius 3 is 2.38 bits per heavy atom. The molecule has 110 valence electrons. The smallest absolute Gasteiger partial charge is 0.200 e. The van der Waals surface area contributed by atoms with Crippen LogP contribution in [0, 0.1) is 10.5 Å². The van der Waals surface area contributed by atoms with Gasteiger partial charge in [-0.3, -0.25) is 4.79 Å². The van der Waals surface area contributed by atoms with E-state index in [0.717, 1.165) is 9.32 Å². The van der Waals surface area contributed by atoms with E-state index >= 15 is 0 Å². The van der Waals surface area contributed by atoms with E-state index in [2.05, 4.69) is 49.4 Å². The summed E-state index contributed by atoms with van der Waals surface area (Å²) in [5.74, 6) is 1.24. The molecule has 0 saturated heterocycles. The van der Waals surface area contributed by atoms with Gasteiger partial charge in [-0.2, -0.15) is 0 Å². The fourth-order valence-corrected chi connectivity index (χ4v) is 2.61.